The molecular weight excluding hydrogens is 268 g/mol. The zero-order valence-electron chi connectivity index (χ0n) is 10.8. The highest BCUT2D eigenvalue weighted by Gasteiger charge is 2.19. The van der Waals surface area contributed by atoms with Gasteiger partial charge in [0.1, 0.15) is 16.6 Å². The van der Waals surface area contributed by atoms with Crippen LogP contribution < -0.4 is 5.32 Å². The van der Waals surface area contributed by atoms with Gasteiger partial charge < -0.3 is 10.0 Å². The third kappa shape index (κ3) is 3.66. The summed E-state index contributed by atoms with van der Waals surface area (Å²) in [5.74, 6) is -1.62. The molecule has 1 aromatic rings. The molecule has 0 aliphatic heterocycles. The van der Waals surface area contributed by atoms with Gasteiger partial charge in [-0.3, -0.25) is 10.1 Å². The van der Waals surface area contributed by atoms with Crippen molar-refractivity contribution in [3.05, 3.63) is 11.3 Å². The summed E-state index contributed by atoms with van der Waals surface area (Å²) in [5.41, 5.74) is 0.891. The largest absolute Gasteiger partial charge is 0.481 e. The molecule has 0 aliphatic carbocycles. The Labute approximate surface area is 114 Å². The van der Waals surface area contributed by atoms with Gasteiger partial charge >= 0.3 is 12.0 Å². The van der Waals surface area contributed by atoms with Gasteiger partial charge in [-0.2, -0.15) is 9.64 Å². The van der Waals surface area contributed by atoms with Crippen LogP contribution in [0.5, 0.6) is 0 Å². The van der Waals surface area contributed by atoms with Crippen molar-refractivity contribution in [3.8, 4) is 6.07 Å². The van der Waals surface area contributed by atoms with E-state index in [0.29, 0.717) is 16.3 Å². The highest BCUT2D eigenvalue weighted by molar-refractivity contribution is 7.10. The molecule has 7 nitrogen and oxygen atoms in total. The monoisotopic (exact) mass is 282 g/mol. The molecule has 1 aromatic heterocycles. The van der Waals surface area contributed by atoms with Gasteiger partial charge in [-0.25, -0.2) is 4.79 Å². The second-order valence-corrected chi connectivity index (χ2v) is 4.91. The van der Waals surface area contributed by atoms with Crippen molar-refractivity contribution in [2.24, 2.45) is 5.92 Å². The molecule has 0 bridgehead atoms. The highest BCUT2D eigenvalue weighted by atomic mass is 32.1. The molecule has 0 saturated heterocycles. The number of carboxylic acids is 1. The molecule has 1 heterocycles. The lowest BCUT2D eigenvalue weighted by atomic mass is 10.2. The number of aromatic nitrogens is 1. The SMILES string of the molecule is Cc1nsc(NC(=O)N(C)CC(C)C(=O)O)c1C#N. The van der Waals surface area contributed by atoms with Gasteiger partial charge in [-0.1, -0.05) is 6.92 Å². The smallest absolute Gasteiger partial charge is 0.322 e. The third-order valence-electron chi connectivity index (χ3n) is 2.51. The van der Waals surface area contributed by atoms with E-state index in [4.69, 9.17) is 10.4 Å². The molecular formula is C11H14N4O3S. The lowest BCUT2D eigenvalue weighted by molar-refractivity contribution is -0.141. The Morgan fingerprint density at radius 1 is 1.63 bits per heavy atom. The van der Waals surface area contributed by atoms with Crippen LogP contribution >= 0.6 is 11.5 Å². The number of carbonyl (C=O) groups excluding carboxylic acids is 1. The molecule has 1 unspecified atom stereocenters. The van der Waals surface area contributed by atoms with Crippen molar-refractivity contribution in [2.45, 2.75) is 13.8 Å². The Kier molecular flexibility index (Phi) is 4.83. The Bertz CT molecular complexity index is 535. The van der Waals surface area contributed by atoms with Crippen LogP contribution in [0.2, 0.25) is 0 Å². The summed E-state index contributed by atoms with van der Waals surface area (Å²) in [6.07, 6.45) is 0. The van der Waals surface area contributed by atoms with E-state index < -0.39 is 17.9 Å². The Hall–Kier alpha value is -2.14. The topological polar surface area (TPSA) is 106 Å². The molecule has 0 saturated carbocycles. The number of hydrogen-bond acceptors (Lipinski definition) is 5. The lowest BCUT2D eigenvalue weighted by Crippen LogP contribution is -2.36. The fourth-order valence-electron chi connectivity index (χ4n) is 1.35. The van der Waals surface area contributed by atoms with E-state index in [1.165, 1.54) is 18.9 Å². The predicted octanol–water partition coefficient (Wildman–Crippen LogP) is 1.51. The number of nitrogens with one attached hydrogen (secondary N) is 1. The molecule has 0 radical (unpaired) electrons. The van der Waals surface area contributed by atoms with Crippen LogP contribution in [0, 0.1) is 24.2 Å². The van der Waals surface area contributed by atoms with Crippen LogP contribution in [-0.2, 0) is 4.79 Å². The van der Waals surface area contributed by atoms with Crippen molar-refractivity contribution < 1.29 is 14.7 Å². The summed E-state index contributed by atoms with van der Waals surface area (Å²) in [6.45, 7) is 3.28. The minimum absolute atomic E-state index is 0.0842. The number of nitrogens with zero attached hydrogens (tertiary/aromatic N) is 3. The third-order valence-corrected chi connectivity index (χ3v) is 3.36. The normalized spacial score (nSPS) is 11.5. The zero-order valence-corrected chi connectivity index (χ0v) is 11.6. The first-order valence-electron chi connectivity index (χ1n) is 5.48. The summed E-state index contributed by atoms with van der Waals surface area (Å²) < 4.78 is 3.98. The molecule has 0 spiro atoms. The second kappa shape index (κ2) is 6.15. The number of aliphatic carboxylic acids is 1. The number of carboxylic acid groups (broad SMARTS) is 1. The number of hydrogen-bond donors (Lipinski definition) is 2. The van der Waals surface area contributed by atoms with E-state index in [1.54, 1.807) is 6.92 Å². The number of nitriles is 1. The van der Waals surface area contributed by atoms with Gasteiger partial charge in [0.15, 0.2) is 0 Å². The minimum atomic E-state index is -0.967. The first kappa shape index (κ1) is 14.9. The van der Waals surface area contributed by atoms with Crippen molar-refractivity contribution in [2.75, 3.05) is 18.9 Å². The van der Waals surface area contributed by atoms with Crippen molar-refractivity contribution in [3.63, 3.8) is 0 Å². The molecule has 0 fully saturated rings. The molecule has 8 heteroatoms. The molecule has 19 heavy (non-hydrogen) atoms. The molecule has 1 rings (SSSR count). The zero-order chi connectivity index (χ0) is 14.6. The quantitative estimate of drug-likeness (QED) is 0.870. The van der Waals surface area contributed by atoms with Gasteiger partial charge in [0, 0.05) is 13.6 Å². The van der Waals surface area contributed by atoms with E-state index >= 15 is 0 Å². The average Bonchev–Trinajstić information content (AvgIpc) is 2.69. The molecule has 0 aliphatic rings. The van der Waals surface area contributed by atoms with Gasteiger partial charge in [-0.05, 0) is 18.5 Å². The Morgan fingerprint density at radius 2 is 2.26 bits per heavy atom. The summed E-state index contributed by atoms with van der Waals surface area (Å²) in [5, 5.41) is 20.6. The minimum Gasteiger partial charge on any atom is -0.481 e. The van der Waals surface area contributed by atoms with E-state index in [2.05, 4.69) is 9.69 Å². The molecule has 2 amide bonds. The maximum absolute atomic E-state index is 11.8. The number of urea groups is 1. The Morgan fingerprint density at radius 3 is 2.79 bits per heavy atom. The summed E-state index contributed by atoms with van der Waals surface area (Å²) >= 11 is 1.02. The van der Waals surface area contributed by atoms with E-state index in [0.717, 1.165) is 11.5 Å². The van der Waals surface area contributed by atoms with Gasteiger partial charge in [0.05, 0.1) is 11.6 Å². The number of rotatable bonds is 4. The van der Waals surface area contributed by atoms with Crippen LogP contribution in [-0.4, -0.2) is 40.0 Å². The van der Waals surface area contributed by atoms with Crippen LogP contribution in [0.25, 0.3) is 0 Å². The first-order chi connectivity index (χ1) is 8.86. The molecule has 0 aromatic carbocycles. The summed E-state index contributed by atoms with van der Waals surface area (Å²) in [7, 11) is 1.49. The van der Waals surface area contributed by atoms with Gasteiger partial charge in [-0.15, -0.1) is 0 Å². The second-order valence-electron chi connectivity index (χ2n) is 4.13. The van der Waals surface area contributed by atoms with Crippen LogP contribution in [0.1, 0.15) is 18.2 Å². The van der Waals surface area contributed by atoms with Crippen LogP contribution in [0.3, 0.4) is 0 Å². The van der Waals surface area contributed by atoms with Crippen molar-refractivity contribution in [1.29, 1.82) is 5.26 Å². The molecule has 102 valence electrons. The molecule has 1 atom stereocenters. The van der Waals surface area contributed by atoms with Gasteiger partial charge in [0.25, 0.3) is 0 Å². The average molecular weight is 282 g/mol. The van der Waals surface area contributed by atoms with E-state index in [-0.39, 0.29) is 6.54 Å². The van der Waals surface area contributed by atoms with Crippen LogP contribution in [0.15, 0.2) is 0 Å². The summed E-state index contributed by atoms with van der Waals surface area (Å²) in [6, 6.07) is 1.50. The standard InChI is InChI=1S/C11H14N4O3S/c1-6(10(16)17)5-15(3)11(18)13-9-8(4-12)7(2)14-19-9/h6H,5H2,1-3H3,(H,13,18)(H,16,17). The fraction of sp³-hybridized carbons (Fsp3) is 0.455. The maximum atomic E-state index is 11.8. The van der Waals surface area contributed by atoms with Gasteiger partial charge in [0.2, 0.25) is 0 Å². The number of amides is 2. The first-order valence-corrected chi connectivity index (χ1v) is 6.25. The predicted molar refractivity (Wildman–Crippen MR) is 70.0 cm³/mol. The van der Waals surface area contributed by atoms with Crippen molar-refractivity contribution in [1.82, 2.24) is 9.27 Å². The molecule has 2 N–H and O–H groups in total. The lowest BCUT2D eigenvalue weighted by Gasteiger charge is -2.19. The maximum Gasteiger partial charge on any atom is 0.322 e. The fourth-order valence-corrected chi connectivity index (χ4v) is 2.09. The number of anilines is 1. The summed E-state index contributed by atoms with van der Waals surface area (Å²) in [4.78, 5) is 23.8. The van der Waals surface area contributed by atoms with Crippen molar-refractivity contribution >= 4 is 28.5 Å². The number of carbonyl (C=O) groups is 2. The van der Waals surface area contributed by atoms with Crippen LogP contribution in [0.4, 0.5) is 9.80 Å². The highest BCUT2D eigenvalue weighted by Crippen LogP contribution is 2.23. The Balaban J connectivity index is 2.69. The van der Waals surface area contributed by atoms with E-state index in [1.807, 2.05) is 6.07 Å². The number of aryl methyl sites for hydroxylation is 1. The van der Waals surface area contributed by atoms with E-state index in [9.17, 15) is 9.59 Å².